The summed E-state index contributed by atoms with van der Waals surface area (Å²) in [4.78, 5) is 57.9. The molecule has 1 unspecified atom stereocenters. The summed E-state index contributed by atoms with van der Waals surface area (Å²) in [5, 5.41) is -3.69. The first-order valence-electron chi connectivity index (χ1n) is 15.9. The van der Waals surface area contributed by atoms with E-state index in [2.05, 4.69) is 20.9 Å². The lowest BCUT2D eigenvalue weighted by Crippen LogP contribution is -2.69. The molecule has 18 radical (unpaired) electrons. The van der Waals surface area contributed by atoms with Crippen LogP contribution in [0.4, 0.5) is 0 Å². The van der Waals surface area contributed by atoms with E-state index in [9.17, 15) is 19.2 Å². The van der Waals surface area contributed by atoms with Crippen LogP contribution in [0.5, 0.6) is 0 Å². The number of nitrogens with two attached hydrogens (primary N) is 5. The van der Waals surface area contributed by atoms with E-state index in [4.69, 9.17) is 99.3 Å². The molecule has 0 aromatic heterocycles. The van der Waals surface area contributed by atoms with Crippen LogP contribution >= 0.6 is 0 Å². The van der Waals surface area contributed by atoms with E-state index in [0.29, 0.717) is 5.56 Å². The second-order valence-electron chi connectivity index (χ2n) is 12.8. The highest BCUT2D eigenvalue weighted by Gasteiger charge is 2.54. The summed E-state index contributed by atoms with van der Waals surface area (Å²) in [6.07, 6.45) is -0.0893. The maximum atomic E-state index is 14.1. The van der Waals surface area contributed by atoms with Crippen molar-refractivity contribution in [3.8, 4) is 0 Å². The van der Waals surface area contributed by atoms with Crippen LogP contribution in [-0.2, 0) is 32.0 Å². The number of guanidine groups is 1. The van der Waals surface area contributed by atoms with Gasteiger partial charge in [-0.15, -0.1) is 10.4 Å². The number of hydrogen-bond acceptors (Lipinski definition) is 7. The highest BCUT2D eigenvalue weighted by atomic mass is 16.2. The third-order valence-corrected chi connectivity index (χ3v) is 8.45. The topological polar surface area (TPSA) is 247 Å². The Labute approximate surface area is 316 Å². The Morgan fingerprint density at radius 2 is 1.25 bits per heavy atom. The van der Waals surface area contributed by atoms with Gasteiger partial charge in [-0.2, -0.15) is 0 Å². The van der Waals surface area contributed by atoms with Gasteiger partial charge in [0.05, 0.1) is 80.3 Å². The van der Waals surface area contributed by atoms with Crippen LogP contribution in [0.2, 0.25) is 15.6 Å². The predicted octanol–water partition coefficient (Wildman–Crippen LogP) is -5.40. The molecule has 0 aliphatic rings. The number of benzene rings is 2. The molecular weight excluding hydrogens is 648 g/mol. The predicted molar refractivity (Wildman–Crippen MR) is 209 cm³/mol. The number of hydrogen-bond donors (Lipinski definition) is 8. The average molecular weight is 684 g/mol. The molecule has 2 aromatic carbocycles. The zero-order valence-corrected chi connectivity index (χ0v) is 28.7. The van der Waals surface area contributed by atoms with E-state index >= 15 is 0 Å². The number of nitrogens with zero attached hydrogens (tertiary/aromatic N) is 1. The fourth-order valence-electron chi connectivity index (χ4n) is 5.06. The van der Waals surface area contributed by atoms with Gasteiger partial charge in [0.25, 0.3) is 0 Å². The minimum absolute atomic E-state index is 0.0367. The zero-order chi connectivity index (χ0) is 39.7. The quantitative estimate of drug-likeness (QED) is 0.0307. The van der Waals surface area contributed by atoms with E-state index < -0.39 is 74.6 Å². The van der Waals surface area contributed by atoms with Gasteiger partial charge >= 0.3 is 0 Å². The molecular formula is C30H36B9N9O4. The minimum atomic E-state index is -2.84. The Kier molecular flexibility index (Phi) is 15.1. The van der Waals surface area contributed by atoms with Gasteiger partial charge in [0, 0.05) is 6.54 Å². The fourth-order valence-corrected chi connectivity index (χ4v) is 5.06. The van der Waals surface area contributed by atoms with Crippen molar-refractivity contribution in [2.45, 2.75) is 70.2 Å². The van der Waals surface area contributed by atoms with Crippen molar-refractivity contribution in [1.29, 1.82) is 0 Å². The van der Waals surface area contributed by atoms with Gasteiger partial charge in [-0.3, -0.25) is 24.2 Å². The summed E-state index contributed by atoms with van der Waals surface area (Å²) in [5.74, 6) is -4.47. The summed E-state index contributed by atoms with van der Waals surface area (Å²) >= 11 is 0. The van der Waals surface area contributed by atoms with Crippen LogP contribution < -0.4 is 44.6 Å². The van der Waals surface area contributed by atoms with Crippen molar-refractivity contribution in [3.05, 3.63) is 71.8 Å². The SMILES string of the molecule is [B]C([B])(N)C([B])([B])C([B])([B])C([B])([B])C(NC(=O)[C@]([B])(Cc1ccccc1)NC(=O)[C@@H](CCCN=C(N)N)NC(=O)[C@@H](N)Cc1ccccc1)C(N)=O. The molecule has 2 rings (SSSR count). The van der Waals surface area contributed by atoms with E-state index in [-0.39, 0.29) is 31.8 Å². The summed E-state index contributed by atoms with van der Waals surface area (Å²) in [7, 11) is 54.6. The Bertz CT molecular complexity index is 1580. The monoisotopic (exact) mass is 685 g/mol. The summed E-state index contributed by atoms with van der Waals surface area (Å²) < 4.78 is 0. The fraction of sp³-hybridized carbons (Fsp3) is 0.433. The third kappa shape index (κ3) is 11.1. The molecule has 0 fully saturated rings. The van der Waals surface area contributed by atoms with E-state index in [1.54, 1.807) is 60.7 Å². The largest absolute Gasteiger partial charge is 0.370 e. The number of nitrogens with one attached hydrogen (secondary N) is 3. The van der Waals surface area contributed by atoms with Crippen LogP contribution in [0.1, 0.15) is 24.0 Å². The smallest absolute Gasteiger partial charge is 0.242 e. The lowest BCUT2D eigenvalue weighted by atomic mass is 9.11. The number of primary amides is 1. The number of aliphatic imine (C=N–C) groups is 1. The molecule has 0 aliphatic carbocycles. The average Bonchev–Trinajstić information content (AvgIpc) is 3.04. The molecule has 0 aliphatic heterocycles. The molecule has 0 saturated carbocycles. The van der Waals surface area contributed by atoms with Crippen molar-refractivity contribution >= 4 is 100 Å². The molecule has 252 valence electrons. The lowest BCUT2D eigenvalue weighted by molar-refractivity contribution is -0.135. The highest BCUT2D eigenvalue weighted by molar-refractivity contribution is 6.66. The van der Waals surface area contributed by atoms with Gasteiger partial charge in [0.2, 0.25) is 23.6 Å². The van der Waals surface area contributed by atoms with E-state index in [1.165, 1.54) is 0 Å². The summed E-state index contributed by atoms with van der Waals surface area (Å²) in [6, 6.07) is 12.5. The first-order chi connectivity index (χ1) is 23.9. The second-order valence-corrected chi connectivity index (χ2v) is 12.8. The molecule has 4 amide bonds. The van der Waals surface area contributed by atoms with Crippen molar-refractivity contribution in [3.63, 3.8) is 0 Å². The normalized spacial score (nSPS) is 15.1. The van der Waals surface area contributed by atoms with Crippen molar-refractivity contribution in [2.75, 3.05) is 6.54 Å². The molecule has 22 heteroatoms. The molecule has 2 aromatic rings. The zero-order valence-electron chi connectivity index (χ0n) is 28.7. The van der Waals surface area contributed by atoms with Crippen molar-refractivity contribution in [1.82, 2.24) is 16.0 Å². The van der Waals surface area contributed by atoms with Gasteiger partial charge in [-0.05, 0) is 36.8 Å². The molecule has 13 N–H and O–H groups in total. The van der Waals surface area contributed by atoms with Gasteiger partial charge in [0.1, 0.15) is 13.9 Å². The summed E-state index contributed by atoms with van der Waals surface area (Å²) in [6.45, 7) is 0.0884. The van der Waals surface area contributed by atoms with Crippen LogP contribution in [0, 0.1) is 0 Å². The van der Waals surface area contributed by atoms with Gasteiger partial charge < -0.3 is 44.6 Å². The van der Waals surface area contributed by atoms with Gasteiger partial charge in [-0.25, -0.2) is 0 Å². The van der Waals surface area contributed by atoms with Crippen LogP contribution in [0.15, 0.2) is 65.7 Å². The Morgan fingerprint density at radius 1 is 0.731 bits per heavy atom. The van der Waals surface area contributed by atoms with Gasteiger partial charge in [0.15, 0.2) is 5.96 Å². The Hall–Kier alpha value is -3.91. The van der Waals surface area contributed by atoms with Crippen LogP contribution in [-0.4, -0.2) is 136 Å². The molecule has 13 nitrogen and oxygen atoms in total. The summed E-state index contributed by atoms with van der Waals surface area (Å²) in [5.41, 5.74) is 27.1. The molecule has 0 bridgehead atoms. The van der Waals surface area contributed by atoms with E-state index in [0.717, 1.165) is 5.56 Å². The minimum Gasteiger partial charge on any atom is -0.370 e. The van der Waals surface area contributed by atoms with Crippen molar-refractivity contribution in [2.24, 2.45) is 33.7 Å². The Morgan fingerprint density at radius 3 is 1.73 bits per heavy atom. The van der Waals surface area contributed by atoms with Gasteiger partial charge in [-0.1, -0.05) is 71.2 Å². The molecule has 0 heterocycles. The number of amides is 4. The molecule has 0 spiro atoms. The number of rotatable bonds is 19. The first-order valence-corrected chi connectivity index (χ1v) is 15.9. The highest BCUT2D eigenvalue weighted by Crippen LogP contribution is 2.60. The number of carbonyl (C=O) groups is 4. The first kappa shape index (κ1) is 44.3. The molecule has 0 saturated heterocycles. The third-order valence-electron chi connectivity index (χ3n) is 8.45. The molecule has 4 atom stereocenters. The maximum Gasteiger partial charge on any atom is 0.242 e. The Balaban J connectivity index is 2.51. The van der Waals surface area contributed by atoms with E-state index in [1.807, 2.05) is 0 Å². The van der Waals surface area contributed by atoms with Crippen LogP contribution in [0.25, 0.3) is 0 Å². The maximum absolute atomic E-state index is 14.1. The lowest BCUT2D eigenvalue weighted by Gasteiger charge is -2.63. The van der Waals surface area contributed by atoms with Crippen LogP contribution in [0.3, 0.4) is 0 Å². The second kappa shape index (κ2) is 17.7. The number of carbonyl (C=O) groups excluding carboxylic acids is 4. The molecule has 52 heavy (non-hydrogen) atoms. The standard InChI is InChI=1S/C30H36B9N9O4/c31-26(15-17-10-5-2-6-11-17,24(52)47-20(21(41)49)27(32,33)28(34,35)29(36,37)30(38,39)44)48-23(51)19(12-7-13-45-25(42)43)46-22(50)18(40)14-16-8-3-1-4-9-16/h1-6,8-11,18-20H,7,12-15,40,44H2,(H2,41,49)(H,46,50)(H,47,52)(H,48,51)(H4,42,43,45)/t18-,19+,20?,26-/m0/s1. The van der Waals surface area contributed by atoms with Crippen molar-refractivity contribution < 1.29 is 19.2 Å².